The largest absolute Gasteiger partial charge is 0.399 e. The van der Waals surface area contributed by atoms with Crippen molar-refractivity contribution >= 4 is 5.69 Å². The molecule has 100 valence electrons. The van der Waals surface area contributed by atoms with Gasteiger partial charge in [-0.25, -0.2) is 0 Å². The summed E-state index contributed by atoms with van der Waals surface area (Å²) in [6.07, 6.45) is 0. The van der Waals surface area contributed by atoms with Crippen molar-refractivity contribution in [3.63, 3.8) is 0 Å². The van der Waals surface area contributed by atoms with Gasteiger partial charge in [0.25, 0.3) is 0 Å². The lowest BCUT2D eigenvalue weighted by atomic mass is 10.0. The van der Waals surface area contributed by atoms with E-state index in [0.717, 1.165) is 18.8 Å². The maximum absolute atomic E-state index is 5.77. The molecule has 0 bridgehead atoms. The van der Waals surface area contributed by atoms with Crippen LogP contribution in [0.2, 0.25) is 0 Å². The Kier molecular flexibility index (Phi) is 4.23. The fourth-order valence-corrected chi connectivity index (χ4v) is 2.26. The van der Waals surface area contributed by atoms with E-state index in [0.29, 0.717) is 0 Å². The molecule has 2 rings (SSSR count). The van der Waals surface area contributed by atoms with Crippen molar-refractivity contribution < 1.29 is 0 Å². The van der Waals surface area contributed by atoms with Gasteiger partial charge in [0.1, 0.15) is 0 Å². The molecular weight excluding hydrogens is 232 g/mol. The first-order valence-electron chi connectivity index (χ1n) is 6.68. The number of aryl methyl sites for hydroxylation is 3. The molecule has 0 aliphatic heterocycles. The van der Waals surface area contributed by atoms with Crippen LogP contribution < -0.4 is 11.1 Å². The summed E-state index contributed by atoms with van der Waals surface area (Å²) >= 11 is 0. The van der Waals surface area contributed by atoms with Gasteiger partial charge >= 0.3 is 0 Å². The average molecular weight is 254 g/mol. The molecule has 0 radical (unpaired) electrons. The third kappa shape index (κ3) is 3.58. The number of rotatable bonds is 4. The first-order valence-corrected chi connectivity index (χ1v) is 6.68. The molecule has 0 aliphatic rings. The van der Waals surface area contributed by atoms with Crippen LogP contribution in [-0.4, -0.2) is 0 Å². The SMILES string of the molecule is Cc1cc(C)c(CNCc2cccc(N)c2)cc1C. The molecule has 19 heavy (non-hydrogen) atoms. The molecule has 0 spiro atoms. The fraction of sp³-hybridized carbons (Fsp3) is 0.294. The topological polar surface area (TPSA) is 38.0 Å². The Hall–Kier alpha value is -1.80. The smallest absolute Gasteiger partial charge is 0.0317 e. The van der Waals surface area contributed by atoms with Crippen molar-refractivity contribution in [1.82, 2.24) is 5.32 Å². The highest BCUT2D eigenvalue weighted by Crippen LogP contribution is 2.15. The number of anilines is 1. The normalized spacial score (nSPS) is 10.7. The molecule has 0 fully saturated rings. The van der Waals surface area contributed by atoms with Gasteiger partial charge in [-0.05, 0) is 60.7 Å². The number of nitrogens with two attached hydrogens (primary N) is 1. The molecule has 0 heterocycles. The molecule has 2 nitrogen and oxygen atoms in total. The Morgan fingerprint density at radius 2 is 1.63 bits per heavy atom. The van der Waals surface area contributed by atoms with Crippen LogP contribution in [0.25, 0.3) is 0 Å². The van der Waals surface area contributed by atoms with Gasteiger partial charge in [0.15, 0.2) is 0 Å². The quantitative estimate of drug-likeness (QED) is 0.820. The third-order valence-corrected chi connectivity index (χ3v) is 3.55. The van der Waals surface area contributed by atoms with Crippen molar-refractivity contribution in [2.45, 2.75) is 33.9 Å². The van der Waals surface area contributed by atoms with Gasteiger partial charge in [0, 0.05) is 18.8 Å². The molecule has 2 aromatic rings. The van der Waals surface area contributed by atoms with Crippen LogP contribution in [0.3, 0.4) is 0 Å². The zero-order valence-electron chi connectivity index (χ0n) is 12.0. The van der Waals surface area contributed by atoms with Crippen molar-refractivity contribution in [2.75, 3.05) is 5.73 Å². The molecule has 0 aromatic heterocycles. The first-order chi connectivity index (χ1) is 9.06. The molecule has 2 aromatic carbocycles. The highest BCUT2D eigenvalue weighted by atomic mass is 14.8. The van der Waals surface area contributed by atoms with Gasteiger partial charge < -0.3 is 11.1 Å². The van der Waals surface area contributed by atoms with Gasteiger partial charge in [-0.3, -0.25) is 0 Å². The predicted octanol–water partition coefficient (Wildman–Crippen LogP) is 3.48. The van der Waals surface area contributed by atoms with Crippen LogP contribution in [0, 0.1) is 20.8 Å². The van der Waals surface area contributed by atoms with E-state index in [1.807, 2.05) is 18.2 Å². The Bertz CT molecular complexity index is 573. The van der Waals surface area contributed by atoms with E-state index >= 15 is 0 Å². The second-order valence-electron chi connectivity index (χ2n) is 5.21. The Labute approximate surface area is 115 Å². The number of nitrogens with one attached hydrogen (secondary N) is 1. The Balaban J connectivity index is 1.98. The van der Waals surface area contributed by atoms with Crippen LogP contribution in [-0.2, 0) is 13.1 Å². The Morgan fingerprint density at radius 1 is 0.895 bits per heavy atom. The minimum atomic E-state index is 0.821. The molecule has 3 N–H and O–H groups in total. The first kappa shape index (κ1) is 13.6. The summed E-state index contributed by atoms with van der Waals surface area (Å²) in [6.45, 7) is 8.23. The monoisotopic (exact) mass is 254 g/mol. The van der Waals surface area contributed by atoms with E-state index < -0.39 is 0 Å². The summed E-state index contributed by atoms with van der Waals surface area (Å²) in [5, 5.41) is 3.48. The van der Waals surface area contributed by atoms with Crippen molar-refractivity contribution in [3.8, 4) is 0 Å². The molecule has 2 heteroatoms. The van der Waals surface area contributed by atoms with Crippen LogP contribution in [0.5, 0.6) is 0 Å². The molecule has 0 amide bonds. The van der Waals surface area contributed by atoms with Crippen LogP contribution >= 0.6 is 0 Å². The van der Waals surface area contributed by atoms with E-state index in [1.165, 1.54) is 27.8 Å². The van der Waals surface area contributed by atoms with E-state index in [9.17, 15) is 0 Å². The maximum atomic E-state index is 5.77. The van der Waals surface area contributed by atoms with E-state index in [1.54, 1.807) is 0 Å². The van der Waals surface area contributed by atoms with Gasteiger partial charge in [-0.2, -0.15) is 0 Å². The van der Waals surface area contributed by atoms with Gasteiger partial charge in [0.05, 0.1) is 0 Å². The number of hydrogen-bond acceptors (Lipinski definition) is 2. The molecule has 0 unspecified atom stereocenters. The van der Waals surface area contributed by atoms with Crippen molar-refractivity contribution in [3.05, 3.63) is 64.2 Å². The summed E-state index contributed by atoms with van der Waals surface area (Å²) in [6, 6.07) is 12.5. The minimum Gasteiger partial charge on any atom is -0.399 e. The van der Waals surface area contributed by atoms with E-state index in [-0.39, 0.29) is 0 Å². The summed E-state index contributed by atoms with van der Waals surface area (Å²) in [5.41, 5.74) is 13.2. The third-order valence-electron chi connectivity index (χ3n) is 3.55. The fourth-order valence-electron chi connectivity index (χ4n) is 2.26. The zero-order valence-corrected chi connectivity index (χ0v) is 12.0. The summed E-state index contributed by atoms with van der Waals surface area (Å²) in [4.78, 5) is 0. The van der Waals surface area contributed by atoms with Gasteiger partial charge in [-0.1, -0.05) is 24.3 Å². The van der Waals surface area contributed by atoms with Gasteiger partial charge in [-0.15, -0.1) is 0 Å². The maximum Gasteiger partial charge on any atom is 0.0317 e. The number of hydrogen-bond donors (Lipinski definition) is 2. The van der Waals surface area contributed by atoms with Crippen molar-refractivity contribution in [2.24, 2.45) is 0 Å². The van der Waals surface area contributed by atoms with E-state index in [4.69, 9.17) is 5.73 Å². The summed E-state index contributed by atoms with van der Waals surface area (Å²) in [7, 11) is 0. The molecular formula is C17H22N2. The highest BCUT2D eigenvalue weighted by Gasteiger charge is 2.02. The standard InChI is InChI=1S/C17H22N2/c1-12-7-14(3)16(8-13(12)2)11-19-10-15-5-4-6-17(18)9-15/h4-9,19H,10-11,18H2,1-3H3. The van der Waals surface area contributed by atoms with E-state index in [2.05, 4.69) is 44.3 Å². The second-order valence-corrected chi connectivity index (χ2v) is 5.21. The summed E-state index contributed by atoms with van der Waals surface area (Å²) in [5.74, 6) is 0. The second kappa shape index (κ2) is 5.89. The number of benzene rings is 2. The molecule has 0 atom stereocenters. The minimum absolute atomic E-state index is 0.821. The van der Waals surface area contributed by atoms with Crippen LogP contribution in [0.1, 0.15) is 27.8 Å². The van der Waals surface area contributed by atoms with Crippen LogP contribution in [0.15, 0.2) is 36.4 Å². The molecule has 0 saturated carbocycles. The lowest BCUT2D eigenvalue weighted by molar-refractivity contribution is 0.690. The Morgan fingerprint density at radius 3 is 2.37 bits per heavy atom. The predicted molar refractivity (Wildman–Crippen MR) is 82.1 cm³/mol. The lowest BCUT2D eigenvalue weighted by Crippen LogP contribution is -2.14. The number of nitrogen functional groups attached to an aromatic ring is 1. The van der Waals surface area contributed by atoms with Crippen LogP contribution in [0.4, 0.5) is 5.69 Å². The highest BCUT2D eigenvalue weighted by molar-refractivity contribution is 5.40. The summed E-state index contributed by atoms with van der Waals surface area (Å²) < 4.78 is 0. The average Bonchev–Trinajstić information content (AvgIpc) is 2.35. The zero-order chi connectivity index (χ0) is 13.8. The van der Waals surface area contributed by atoms with Crippen molar-refractivity contribution in [1.29, 1.82) is 0 Å². The lowest BCUT2D eigenvalue weighted by Gasteiger charge is -2.11. The van der Waals surface area contributed by atoms with Gasteiger partial charge in [0.2, 0.25) is 0 Å². The molecule has 0 saturated heterocycles. The molecule has 0 aliphatic carbocycles.